The molecule has 0 fully saturated rings. The lowest BCUT2D eigenvalue weighted by molar-refractivity contribution is 0.0603. The summed E-state index contributed by atoms with van der Waals surface area (Å²) in [6.45, 7) is 1.86. The number of anilines is 1. The van der Waals surface area contributed by atoms with Crippen molar-refractivity contribution in [3.63, 3.8) is 0 Å². The average Bonchev–Trinajstić information content (AvgIpc) is 3.18. The van der Waals surface area contributed by atoms with Crippen LogP contribution in [-0.4, -0.2) is 19.0 Å². The van der Waals surface area contributed by atoms with Crippen LogP contribution < -0.4 is 5.32 Å². The molecule has 1 aromatic heterocycles. The van der Waals surface area contributed by atoms with E-state index in [0.717, 1.165) is 16.9 Å². The molecule has 0 radical (unpaired) electrons. The summed E-state index contributed by atoms with van der Waals surface area (Å²) in [6, 6.07) is 23.5. The van der Waals surface area contributed by atoms with Gasteiger partial charge in [-0.2, -0.15) is 0 Å². The number of carbonyl (C=O) groups excluding carboxylic acids is 2. The Balaban J connectivity index is 1.64. The quantitative estimate of drug-likeness (QED) is 0.304. The van der Waals surface area contributed by atoms with Gasteiger partial charge in [0.2, 0.25) is 0 Å². The molecule has 0 aliphatic carbocycles. The van der Waals surface area contributed by atoms with Crippen molar-refractivity contribution in [2.45, 2.75) is 19.8 Å². The monoisotopic (exact) mass is 473 g/mol. The Hall–Kier alpha value is -3.77. The van der Waals surface area contributed by atoms with Crippen molar-refractivity contribution in [1.29, 1.82) is 0 Å². The first-order chi connectivity index (χ1) is 16.5. The Bertz CT molecular complexity index is 1310. The molecule has 6 heteroatoms. The summed E-state index contributed by atoms with van der Waals surface area (Å²) in [7, 11) is 1.30. The number of methoxy groups -OCH3 is 1. The number of esters is 1. The van der Waals surface area contributed by atoms with Gasteiger partial charge in [0.1, 0.15) is 16.4 Å². The first-order valence-electron chi connectivity index (χ1n) is 10.9. The van der Waals surface area contributed by atoms with Crippen LogP contribution in [0, 0.1) is 12.7 Å². The Kier molecular flexibility index (Phi) is 7.18. The number of carbonyl (C=O) groups is 2. The second-order valence-electron chi connectivity index (χ2n) is 7.83. The lowest BCUT2D eigenvalue weighted by Gasteiger charge is -2.11. The summed E-state index contributed by atoms with van der Waals surface area (Å²) in [5, 5.41) is 3.34. The Morgan fingerprint density at radius 1 is 0.912 bits per heavy atom. The second-order valence-corrected chi connectivity index (χ2v) is 9.06. The summed E-state index contributed by atoms with van der Waals surface area (Å²) in [5.74, 6) is -1.21. The molecule has 1 heterocycles. The highest BCUT2D eigenvalue weighted by atomic mass is 32.1. The minimum absolute atomic E-state index is 0.270. The van der Waals surface area contributed by atoms with Crippen LogP contribution in [0.2, 0.25) is 0 Å². The van der Waals surface area contributed by atoms with Crippen molar-refractivity contribution in [1.82, 2.24) is 0 Å². The lowest BCUT2D eigenvalue weighted by Crippen LogP contribution is -2.16. The molecule has 0 unspecified atom stereocenters. The molecule has 0 aliphatic heterocycles. The van der Waals surface area contributed by atoms with E-state index in [1.165, 1.54) is 36.1 Å². The van der Waals surface area contributed by atoms with Crippen LogP contribution in [0.25, 0.3) is 11.1 Å². The Morgan fingerprint density at radius 2 is 1.59 bits per heavy atom. The fraction of sp³-hybridized carbons (Fsp3) is 0.143. The summed E-state index contributed by atoms with van der Waals surface area (Å²) >= 11 is 1.30. The maximum Gasteiger partial charge on any atom is 0.341 e. The number of benzene rings is 3. The van der Waals surface area contributed by atoms with Gasteiger partial charge in [0.25, 0.3) is 5.91 Å². The molecule has 0 bridgehead atoms. The number of hydrogen-bond donors (Lipinski definition) is 1. The topological polar surface area (TPSA) is 55.4 Å². The molecule has 1 amide bonds. The highest BCUT2D eigenvalue weighted by Gasteiger charge is 2.26. The SMILES string of the molecule is COC(=O)c1c(NC(=O)c2ccccc2CCc2ccccc2)sc(C)c1-c1ccc(F)cc1. The maximum absolute atomic E-state index is 13.5. The van der Waals surface area contributed by atoms with E-state index in [9.17, 15) is 14.0 Å². The minimum Gasteiger partial charge on any atom is -0.465 e. The molecule has 4 rings (SSSR count). The zero-order valence-corrected chi connectivity index (χ0v) is 19.7. The number of hydrogen-bond acceptors (Lipinski definition) is 4. The minimum atomic E-state index is -0.559. The molecular formula is C28H24FNO3S. The zero-order chi connectivity index (χ0) is 24.1. The molecule has 0 aliphatic rings. The van der Waals surface area contributed by atoms with Gasteiger partial charge in [0.15, 0.2) is 0 Å². The molecular weight excluding hydrogens is 449 g/mol. The Labute approximate surface area is 202 Å². The van der Waals surface area contributed by atoms with Crippen molar-refractivity contribution in [3.05, 3.63) is 112 Å². The summed E-state index contributed by atoms with van der Waals surface area (Å²) < 4.78 is 18.5. The third kappa shape index (κ3) is 5.07. The molecule has 172 valence electrons. The van der Waals surface area contributed by atoms with E-state index in [4.69, 9.17) is 4.74 Å². The fourth-order valence-corrected chi connectivity index (χ4v) is 5.01. The largest absolute Gasteiger partial charge is 0.465 e. The van der Waals surface area contributed by atoms with E-state index < -0.39 is 5.97 Å². The van der Waals surface area contributed by atoms with Crippen LogP contribution in [0.4, 0.5) is 9.39 Å². The normalized spacial score (nSPS) is 10.7. The average molecular weight is 474 g/mol. The van der Waals surface area contributed by atoms with E-state index in [0.29, 0.717) is 28.1 Å². The predicted octanol–water partition coefficient (Wildman–Crippen LogP) is 6.69. The highest BCUT2D eigenvalue weighted by molar-refractivity contribution is 7.17. The van der Waals surface area contributed by atoms with Crippen molar-refractivity contribution in [3.8, 4) is 11.1 Å². The first kappa shape index (κ1) is 23.4. The van der Waals surface area contributed by atoms with E-state index in [1.807, 2.05) is 43.3 Å². The van der Waals surface area contributed by atoms with E-state index in [-0.39, 0.29) is 17.3 Å². The molecule has 0 saturated carbocycles. The van der Waals surface area contributed by atoms with Crippen molar-refractivity contribution < 1.29 is 18.7 Å². The maximum atomic E-state index is 13.5. The van der Waals surface area contributed by atoms with Crippen molar-refractivity contribution in [2.75, 3.05) is 12.4 Å². The van der Waals surface area contributed by atoms with Gasteiger partial charge in [-0.1, -0.05) is 60.7 Å². The summed E-state index contributed by atoms with van der Waals surface area (Å²) in [6.07, 6.45) is 1.52. The standard InChI is InChI=1S/C28H24FNO3S/c1-18-24(21-14-16-22(29)17-15-21)25(28(32)33-2)27(34-18)30-26(31)23-11-7-6-10-20(23)13-12-19-8-4-3-5-9-19/h3-11,14-17H,12-13H2,1-2H3,(H,30,31). The third-order valence-electron chi connectivity index (χ3n) is 5.62. The van der Waals surface area contributed by atoms with Gasteiger partial charge < -0.3 is 10.1 Å². The third-order valence-corrected chi connectivity index (χ3v) is 6.64. The van der Waals surface area contributed by atoms with Gasteiger partial charge >= 0.3 is 5.97 Å². The van der Waals surface area contributed by atoms with Gasteiger partial charge in [-0.25, -0.2) is 9.18 Å². The second kappa shape index (κ2) is 10.4. The first-order valence-corrected chi connectivity index (χ1v) is 11.7. The summed E-state index contributed by atoms with van der Waals surface area (Å²) in [5.41, 5.74) is 4.26. The van der Waals surface area contributed by atoms with Crippen LogP contribution in [-0.2, 0) is 17.6 Å². The van der Waals surface area contributed by atoms with E-state index in [1.54, 1.807) is 18.2 Å². The molecule has 0 spiro atoms. The highest BCUT2D eigenvalue weighted by Crippen LogP contribution is 2.40. The molecule has 1 N–H and O–H groups in total. The number of nitrogens with one attached hydrogen (secondary N) is 1. The van der Waals surface area contributed by atoms with Gasteiger partial charge in [-0.05, 0) is 54.7 Å². The number of halogens is 1. The van der Waals surface area contributed by atoms with E-state index in [2.05, 4.69) is 17.4 Å². The van der Waals surface area contributed by atoms with Crippen LogP contribution in [0.15, 0.2) is 78.9 Å². The van der Waals surface area contributed by atoms with Crippen LogP contribution in [0.1, 0.15) is 36.7 Å². The van der Waals surface area contributed by atoms with Crippen molar-refractivity contribution >= 4 is 28.2 Å². The zero-order valence-electron chi connectivity index (χ0n) is 18.9. The van der Waals surface area contributed by atoms with E-state index >= 15 is 0 Å². The number of amides is 1. The van der Waals surface area contributed by atoms with Crippen LogP contribution in [0.5, 0.6) is 0 Å². The molecule has 4 aromatic rings. The number of rotatable bonds is 7. The predicted molar refractivity (Wildman–Crippen MR) is 134 cm³/mol. The lowest BCUT2D eigenvalue weighted by atomic mass is 9.99. The fourth-order valence-electron chi connectivity index (χ4n) is 3.95. The number of ether oxygens (including phenoxy) is 1. The van der Waals surface area contributed by atoms with Gasteiger partial charge in [-0.3, -0.25) is 4.79 Å². The molecule has 4 nitrogen and oxygen atoms in total. The van der Waals surface area contributed by atoms with Crippen molar-refractivity contribution in [2.24, 2.45) is 0 Å². The van der Waals surface area contributed by atoms with Gasteiger partial charge in [-0.15, -0.1) is 11.3 Å². The van der Waals surface area contributed by atoms with Gasteiger partial charge in [0.05, 0.1) is 7.11 Å². The Morgan fingerprint density at radius 3 is 2.29 bits per heavy atom. The smallest absolute Gasteiger partial charge is 0.341 e. The van der Waals surface area contributed by atoms with Gasteiger partial charge in [0, 0.05) is 16.0 Å². The number of aryl methyl sites for hydroxylation is 3. The molecule has 3 aromatic carbocycles. The number of thiophene rings is 1. The molecule has 0 atom stereocenters. The summed E-state index contributed by atoms with van der Waals surface area (Å²) in [4.78, 5) is 26.8. The molecule has 0 saturated heterocycles. The van der Waals surface area contributed by atoms with Crippen LogP contribution >= 0.6 is 11.3 Å². The molecule has 34 heavy (non-hydrogen) atoms. The van der Waals surface area contributed by atoms with Crippen LogP contribution in [0.3, 0.4) is 0 Å².